The number of nitrogens with two attached hydrogens (primary N) is 1. The third kappa shape index (κ3) is 3.11. The Morgan fingerprint density at radius 2 is 1.90 bits per heavy atom. The fraction of sp³-hybridized carbons (Fsp3) is 0.200. The van der Waals surface area contributed by atoms with E-state index >= 15 is 0 Å². The minimum absolute atomic E-state index is 0.0879. The Bertz CT molecular complexity index is 614. The van der Waals surface area contributed by atoms with Gasteiger partial charge >= 0.3 is 0 Å². The maximum atomic E-state index is 13.5. The molecule has 0 spiro atoms. The van der Waals surface area contributed by atoms with E-state index in [0.717, 1.165) is 6.07 Å². The van der Waals surface area contributed by atoms with Gasteiger partial charge in [-0.3, -0.25) is 0 Å². The molecule has 2 rings (SSSR count). The number of halogens is 3. The Morgan fingerprint density at radius 3 is 2.60 bits per heavy atom. The molecule has 2 aromatic carbocycles. The lowest BCUT2D eigenvalue weighted by atomic mass is 10.1. The normalized spacial score (nSPS) is 12.2. The predicted octanol–water partition coefficient (Wildman–Crippen LogP) is 3.70. The van der Waals surface area contributed by atoms with Crippen LogP contribution in [0.1, 0.15) is 24.1 Å². The van der Waals surface area contributed by atoms with Crippen molar-refractivity contribution >= 4 is 0 Å². The predicted molar refractivity (Wildman–Crippen MR) is 69.7 cm³/mol. The van der Waals surface area contributed by atoms with Gasteiger partial charge in [0.05, 0.1) is 0 Å². The molecule has 1 unspecified atom stereocenters. The summed E-state index contributed by atoms with van der Waals surface area (Å²) in [5.74, 6) is -1.96. The van der Waals surface area contributed by atoms with Crippen molar-refractivity contribution in [3.05, 3.63) is 65.0 Å². The second-order valence-corrected chi connectivity index (χ2v) is 4.47. The SMILES string of the molecule is CC(N)c1cc(F)ccc1OCc1cccc(F)c1F. The number of ether oxygens (including phenoxy) is 1. The van der Waals surface area contributed by atoms with Gasteiger partial charge in [0.2, 0.25) is 0 Å². The van der Waals surface area contributed by atoms with Crippen molar-refractivity contribution in [2.75, 3.05) is 0 Å². The minimum Gasteiger partial charge on any atom is -0.488 e. The van der Waals surface area contributed by atoms with Crippen LogP contribution >= 0.6 is 0 Å². The lowest BCUT2D eigenvalue weighted by Gasteiger charge is -2.14. The molecule has 2 N–H and O–H groups in total. The van der Waals surface area contributed by atoms with Crippen LogP contribution < -0.4 is 10.5 Å². The van der Waals surface area contributed by atoms with Gasteiger partial charge in [-0.05, 0) is 31.2 Å². The van der Waals surface area contributed by atoms with Crippen LogP contribution in [-0.4, -0.2) is 0 Å². The summed E-state index contributed by atoms with van der Waals surface area (Å²) in [6.07, 6.45) is 0. The third-order valence-electron chi connectivity index (χ3n) is 2.88. The van der Waals surface area contributed by atoms with E-state index in [1.807, 2.05) is 0 Å². The summed E-state index contributed by atoms with van der Waals surface area (Å²) in [7, 11) is 0. The molecule has 0 radical (unpaired) electrons. The zero-order chi connectivity index (χ0) is 14.7. The number of hydrogen-bond acceptors (Lipinski definition) is 2. The quantitative estimate of drug-likeness (QED) is 0.927. The molecule has 0 aliphatic heterocycles. The van der Waals surface area contributed by atoms with Gasteiger partial charge in [-0.25, -0.2) is 13.2 Å². The highest BCUT2D eigenvalue weighted by atomic mass is 19.2. The number of benzene rings is 2. The smallest absolute Gasteiger partial charge is 0.165 e. The van der Waals surface area contributed by atoms with Crippen molar-refractivity contribution in [1.82, 2.24) is 0 Å². The fourth-order valence-electron chi connectivity index (χ4n) is 1.82. The van der Waals surface area contributed by atoms with Crippen molar-refractivity contribution < 1.29 is 17.9 Å². The molecular weight excluding hydrogens is 267 g/mol. The minimum atomic E-state index is -0.947. The molecule has 5 heteroatoms. The molecule has 0 bridgehead atoms. The van der Waals surface area contributed by atoms with E-state index in [-0.39, 0.29) is 12.2 Å². The van der Waals surface area contributed by atoms with Crippen molar-refractivity contribution in [3.63, 3.8) is 0 Å². The molecule has 0 aliphatic rings. The van der Waals surface area contributed by atoms with E-state index in [9.17, 15) is 13.2 Å². The summed E-state index contributed by atoms with van der Waals surface area (Å²) in [5, 5.41) is 0. The molecule has 0 aliphatic carbocycles. The Kier molecular flexibility index (Phi) is 4.29. The van der Waals surface area contributed by atoms with Crippen LogP contribution in [0, 0.1) is 17.5 Å². The van der Waals surface area contributed by atoms with Crippen molar-refractivity contribution in [2.24, 2.45) is 5.73 Å². The van der Waals surface area contributed by atoms with Gasteiger partial charge in [0.25, 0.3) is 0 Å². The van der Waals surface area contributed by atoms with Gasteiger partial charge in [-0.1, -0.05) is 12.1 Å². The maximum Gasteiger partial charge on any atom is 0.165 e. The molecule has 0 saturated heterocycles. The average molecular weight is 281 g/mol. The van der Waals surface area contributed by atoms with Crippen LogP contribution in [0.4, 0.5) is 13.2 Å². The van der Waals surface area contributed by atoms with Gasteiger partial charge in [-0.15, -0.1) is 0 Å². The molecule has 2 aromatic rings. The fourth-order valence-corrected chi connectivity index (χ4v) is 1.82. The summed E-state index contributed by atoms with van der Waals surface area (Å²) in [4.78, 5) is 0. The van der Waals surface area contributed by atoms with Crippen molar-refractivity contribution in [3.8, 4) is 5.75 Å². The molecule has 0 saturated carbocycles. The molecule has 0 heterocycles. The molecular formula is C15H14F3NO. The van der Waals surface area contributed by atoms with E-state index in [1.54, 1.807) is 6.92 Å². The van der Waals surface area contributed by atoms with Gasteiger partial charge in [0.1, 0.15) is 18.2 Å². The molecule has 0 aromatic heterocycles. The summed E-state index contributed by atoms with van der Waals surface area (Å²) in [6, 6.07) is 7.33. The Hall–Kier alpha value is -2.01. The first kappa shape index (κ1) is 14.4. The first-order valence-electron chi connectivity index (χ1n) is 6.09. The van der Waals surface area contributed by atoms with E-state index < -0.39 is 23.5 Å². The van der Waals surface area contributed by atoms with Crippen LogP contribution in [-0.2, 0) is 6.61 Å². The second-order valence-electron chi connectivity index (χ2n) is 4.47. The molecule has 1 atom stereocenters. The molecule has 106 valence electrons. The second kappa shape index (κ2) is 5.96. The molecule has 0 fully saturated rings. The van der Waals surface area contributed by atoms with Crippen molar-refractivity contribution in [1.29, 1.82) is 0 Å². The van der Waals surface area contributed by atoms with Crippen LogP contribution in [0.25, 0.3) is 0 Å². The van der Waals surface area contributed by atoms with E-state index in [4.69, 9.17) is 10.5 Å². The Labute approximate surface area is 115 Å². The monoisotopic (exact) mass is 281 g/mol. The molecule has 2 nitrogen and oxygen atoms in total. The average Bonchev–Trinajstić information content (AvgIpc) is 2.41. The maximum absolute atomic E-state index is 13.5. The summed E-state index contributed by atoms with van der Waals surface area (Å²) < 4.78 is 45.1. The Balaban J connectivity index is 2.21. The standard InChI is InChI=1S/C15H14F3NO/c1-9(19)12-7-11(16)5-6-14(12)20-8-10-3-2-4-13(17)15(10)18/h2-7,9H,8,19H2,1H3. The van der Waals surface area contributed by atoms with Gasteiger partial charge in [0, 0.05) is 17.2 Å². The third-order valence-corrected chi connectivity index (χ3v) is 2.88. The first-order valence-corrected chi connectivity index (χ1v) is 6.09. The Morgan fingerprint density at radius 1 is 1.15 bits per heavy atom. The highest BCUT2D eigenvalue weighted by Gasteiger charge is 2.12. The first-order chi connectivity index (χ1) is 9.49. The van der Waals surface area contributed by atoms with Gasteiger partial charge in [-0.2, -0.15) is 0 Å². The van der Waals surface area contributed by atoms with Crippen molar-refractivity contribution in [2.45, 2.75) is 19.6 Å². The molecule has 20 heavy (non-hydrogen) atoms. The van der Waals surface area contributed by atoms with E-state index in [2.05, 4.69) is 0 Å². The zero-order valence-corrected chi connectivity index (χ0v) is 10.9. The van der Waals surface area contributed by atoms with Crippen LogP contribution in [0.15, 0.2) is 36.4 Å². The lowest BCUT2D eigenvalue weighted by Crippen LogP contribution is -2.09. The van der Waals surface area contributed by atoms with E-state index in [0.29, 0.717) is 11.3 Å². The lowest BCUT2D eigenvalue weighted by molar-refractivity contribution is 0.292. The largest absolute Gasteiger partial charge is 0.488 e. The van der Waals surface area contributed by atoms with Gasteiger partial charge < -0.3 is 10.5 Å². The highest BCUT2D eigenvalue weighted by Crippen LogP contribution is 2.26. The van der Waals surface area contributed by atoms with Crippen LogP contribution in [0.2, 0.25) is 0 Å². The summed E-state index contributed by atoms with van der Waals surface area (Å²) >= 11 is 0. The zero-order valence-electron chi connectivity index (χ0n) is 10.9. The number of hydrogen-bond donors (Lipinski definition) is 1. The van der Waals surface area contributed by atoms with E-state index in [1.165, 1.54) is 30.3 Å². The van der Waals surface area contributed by atoms with Gasteiger partial charge in [0.15, 0.2) is 11.6 Å². The number of rotatable bonds is 4. The summed E-state index contributed by atoms with van der Waals surface area (Å²) in [5.41, 5.74) is 6.29. The topological polar surface area (TPSA) is 35.2 Å². The summed E-state index contributed by atoms with van der Waals surface area (Å²) in [6.45, 7) is 1.53. The molecule has 0 amide bonds. The van der Waals surface area contributed by atoms with Crippen LogP contribution in [0.5, 0.6) is 5.75 Å². The highest BCUT2D eigenvalue weighted by molar-refractivity contribution is 5.36. The van der Waals surface area contributed by atoms with Crippen LogP contribution in [0.3, 0.4) is 0 Å².